The summed E-state index contributed by atoms with van der Waals surface area (Å²) in [5.41, 5.74) is 2.16. The molecule has 0 radical (unpaired) electrons. The number of hydrogen-bond acceptors (Lipinski definition) is 3. The summed E-state index contributed by atoms with van der Waals surface area (Å²) in [6.07, 6.45) is -2.41. The molecular weight excluding hydrogens is 538 g/mol. The summed E-state index contributed by atoms with van der Waals surface area (Å²) in [7, 11) is 0. The average molecular weight is 560 g/mol. The van der Waals surface area contributed by atoms with Crippen molar-refractivity contribution in [3.63, 3.8) is 0 Å². The normalized spacial score (nSPS) is 14.6. The fraction of sp³-hybridized carbons (Fsp3) is 0.138. The molecule has 0 heterocycles. The molecule has 0 bridgehead atoms. The molecule has 0 aliphatic carbocycles. The molecule has 3 nitrogen and oxygen atoms in total. The molecule has 36 heavy (non-hydrogen) atoms. The molecular formula is C29H22Cl4O3. The van der Waals surface area contributed by atoms with Crippen LogP contribution in [0.5, 0.6) is 0 Å². The van der Waals surface area contributed by atoms with Crippen molar-refractivity contribution in [3.8, 4) is 0 Å². The monoisotopic (exact) mass is 558 g/mol. The van der Waals surface area contributed by atoms with E-state index >= 15 is 0 Å². The number of benzene rings is 4. The maximum absolute atomic E-state index is 14.3. The van der Waals surface area contributed by atoms with Crippen LogP contribution in [0, 0.1) is 0 Å². The molecule has 0 aliphatic heterocycles. The lowest BCUT2D eigenvalue weighted by Crippen LogP contribution is -2.29. The first-order chi connectivity index (χ1) is 17.2. The minimum Gasteiger partial charge on any atom is -0.387 e. The van der Waals surface area contributed by atoms with Crippen molar-refractivity contribution in [2.75, 3.05) is 0 Å². The molecule has 4 atom stereocenters. The minimum atomic E-state index is -1.21. The maximum atomic E-state index is 14.3. The zero-order valence-electron chi connectivity index (χ0n) is 18.9. The molecule has 4 aromatic rings. The minimum absolute atomic E-state index is 0.371. The summed E-state index contributed by atoms with van der Waals surface area (Å²) >= 11 is 24.3. The Morgan fingerprint density at radius 3 is 0.917 bits per heavy atom. The SMILES string of the molecule is O=C(C(c1ccc(Cl)cc1)C(O)c1ccc(Cl)cc1)C(c1ccc(Cl)cc1)C(O)c1ccc(Cl)cc1. The van der Waals surface area contributed by atoms with Crippen molar-refractivity contribution in [1.82, 2.24) is 0 Å². The molecule has 0 fully saturated rings. The topological polar surface area (TPSA) is 57.5 Å². The molecule has 0 saturated heterocycles. The number of aliphatic hydroxyl groups excluding tert-OH is 2. The fourth-order valence-corrected chi connectivity index (χ4v) is 4.75. The van der Waals surface area contributed by atoms with Gasteiger partial charge in [-0.3, -0.25) is 4.79 Å². The smallest absolute Gasteiger partial charge is 0.153 e. The van der Waals surface area contributed by atoms with Gasteiger partial charge in [0.2, 0.25) is 0 Å². The van der Waals surface area contributed by atoms with E-state index in [4.69, 9.17) is 46.4 Å². The van der Waals surface area contributed by atoms with E-state index in [0.29, 0.717) is 42.3 Å². The van der Waals surface area contributed by atoms with Crippen LogP contribution in [-0.4, -0.2) is 16.0 Å². The lowest BCUT2D eigenvalue weighted by atomic mass is 9.75. The van der Waals surface area contributed by atoms with Crippen LogP contribution in [0.3, 0.4) is 0 Å². The zero-order chi connectivity index (χ0) is 25.8. The summed E-state index contributed by atoms with van der Waals surface area (Å²) in [6, 6.07) is 26.8. The largest absolute Gasteiger partial charge is 0.387 e. The second-order valence-electron chi connectivity index (χ2n) is 8.45. The molecule has 0 aliphatic rings. The summed E-state index contributed by atoms with van der Waals surface area (Å²) in [6.45, 7) is 0. The van der Waals surface area contributed by atoms with E-state index in [1.165, 1.54) is 0 Å². The van der Waals surface area contributed by atoms with Crippen molar-refractivity contribution < 1.29 is 15.0 Å². The number of aliphatic hydroxyl groups is 2. The van der Waals surface area contributed by atoms with Crippen molar-refractivity contribution in [2.45, 2.75) is 24.0 Å². The number of hydrogen-bond donors (Lipinski definition) is 2. The summed E-state index contributed by atoms with van der Waals surface area (Å²) in [5.74, 6) is -2.39. The van der Waals surface area contributed by atoms with E-state index < -0.39 is 24.0 Å². The second-order valence-corrected chi connectivity index (χ2v) is 10.2. The van der Waals surface area contributed by atoms with Crippen molar-refractivity contribution in [2.24, 2.45) is 0 Å². The third-order valence-corrected chi connectivity index (χ3v) is 7.13. The number of ketones is 1. The molecule has 7 heteroatoms. The van der Waals surface area contributed by atoms with E-state index in [1.54, 1.807) is 97.1 Å². The summed E-state index contributed by atoms with van der Waals surface area (Å²) < 4.78 is 0. The van der Waals surface area contributed by atoms with Crippen molar-refractivity contribution in [1.29, 1.82) is 0 Å². The molecule has 0 saturated carbocycles. The van der Waals surface area contributed by atoms with Gasteiger partial charge < -0.3 is 10.2 Å². The van der Waals surface area contributed by atoms with Crippen LogP contribution in [0.2, 0.25) is 20.1 Å². The van der Waals surface area contributed by atoms with Crippen molar-refractivity contribution in [3.05, 3.63) is 139 Å². The van der Waals surface area contributed by atoms with E-state index in [-0.39, 0.29) is 5.78 Å². The predicted molar refractivity (Wildman–Crippen MR) is 146 cm³/mol. The Morgan fingerprint density at radius 2 is 0.667 bits per heavy atom. The first-order valence-corrected chi connectivity index (χ1v) is 12.7. The highest BCUT2D eigenvalue weighted by molar-refractivity contribution is 6.31. The molecule has 4 unspecified atom stereocenters. The highest BCUT2D eigenvalue weighted by Gasteiger charge is 2.39. The zero-order valence-corrected chi connectivity index (χ0v) is 21.9. The Balaban J connectivity index is 1.83. The Labute approximate surface area is 229 Å². The molecule has 4 rings (SSSR count). The molecule has 184 valence electrons. The van der Waals surface area contributed by atoms with Crippen LogP contribution >= 0.6 is 46.4 Å². The van der Waals surface area contributed by atoms with Gasteiger partial charge in [-0.05, 0) is 70.8 Å². The molecule has 0 aromatic heterocycles. The first kappa shape index (κ1) is 26.7. The van der Waals surface area contributed by atoms with Gasteiger partial charge in [-0.2, -0.15) is 0 Å². The number of Topliss-reactive ketones (excluding diaryl/α,β-unsaturated/α-hetero) is 1. The number of rotatable bonds is 8. The Kier molecular flexibility index (Phi) is 8.74. The molecule has 0 spiro atoms. The van der Waals surface area contributed by atoms with E-state index in [2.05, 4.69) is 0 Å². The predicted octanol–water partition coefficient (Wildman–Crippen LogP) is 8.20. The maximum Gasteiger partial charge on any atom is 0.153 e. The van der Waals surface area contributed by atoms with Crippen LogP contribution in [0.1, 0.15) is 46.3 Å². The average Bonchev–Trinajstić information content (AvgIpc) is 2.87. The second kappa shape index (κ2) is 11.8. The lowest BCUT2D eigenvalue weighted by molar-refractivity contribution is -0.127. The highest BCUT2D eigenvalue weighted by Crippen LogP contribution is 2.42. The molecule has 0 amide bonds. The van der Waals surface area contributed by atoms with Gasteiger partial charge in [-0.25, -0.2) is 0 Å². The van der Waals surface area contributed by atoms with Crippen molar-refractivity contribution >= 4 is 52.2 Å². The molecule has 4 aromatic carbocycles. The first-order valence-electron chi connectivity index (χ1n) is 11.2. The van der Waals surface area contributed by atoms with Gasteiger partial charge in [-0.15, -0.1) is 0 Å². The standard InChI is InChI=1S/C29H22Cl4O3/c30-21-9-1-17(2-10-21)25(27(34)19-5-13-23(32)14-6-19)29(36)26(18-3-11-22(31)12-4-18)28(35)20-7-15-24(33)16-8-20/h1-16,25-28,34-35H. The summed E-state index contributed by atoms with van der Waals surface area (Å²) in [5, 5.41) is 25.0. The van der Waals surface area contributed by atoms with Crippen LogP contribution in [0.4, 0.5) is 0 Å². The summed E-state index contributed by atoms with van der Waals surface area (Å²) in [4.78, 5) is 14.3. The van der Waals surface area contributed by atoms with Crippen LogP contribution in [0.15, 0.2) is 97.1 Å². The van der Waals surface area contributed by atoms with E-state index in [9.17, 15) is 15.0 Å². The number of halogens is 4. The Morgan fingerprint density at radius 1 is 0.444 bits per heavy atom. The highest BCUT2D eigenvalue weighted by atomic mass is 35.5. The van der Waals surface area contributed by atoms with Gasteiger partial charge >= 0.3 is 0 Å². The van der Waals surface area contributed by atoms with Gasteiger partial charge in [0.1, 0.15) is 0 Å². The van der Waals surface area contributed by atoms with Crippen LogP contribution < -0.4 is 0 Å². The van der Waals surface area contributed by atoms with Crippen LogP contribution in [-0.2, 0) is 4.79 Å². The van der Waals surface area contributed by atoms with Gasteiger partial charge in [0, 0.05) is 20.1 Å². The van der Waals surface area contributed by atoms with Crippen LogP contribution in [0.25, 0.3) is 0 Å². The van der Waals surface area contributed by atoms with Gasteiger partial charge in [-0.1, -0.05) is 94.9 Å². The fourth-order valence-electron chi connectivity index (χ4n) is 4.24. The number of carbonyl (C=O) groups excluding carboxylic acids is 1. The van der Waals surface area contributed by atoms with Gasteiger partial charge in [0.15, 0.2) is 5.78 Å². The quantitative estimate of drug-likeness (QED) is 0.229. The molecule has 2 N–H and O–H groups in total. The third-order valence-electron chi connectivity index (χ3n) is 6.13. The lowest BCUT2D eigenvalue weighted by Gasteiger charge is -2.30. The Bertz CT molecular complexity index is 1200. The Hall–Kier alpha value is -2.37. The number of carbonyl (C=O) groups is 1. The van der Waals surface area contributed by atoms with E-state index in [1.807, 2.05) is 0 Å². The van der Waals surface area contributed by atoms with Gasteiger partial charge in [0.25, 0.3) is 0 Å². The third kappa shape index (κ3) is 6.12. The van der Waals surface area contributed by atoms with E-state index in [0.717, 1.165) is 0 Å². The van der Waals surface area contributed by atoms with Gasteiger partial charge in [0.05, 0.1) is 24.0 Å².